The van der Waals surface area contributed by atoms with Crippen molar-refractivity contribution in [2.75, 3.05) is 13.2 Å². The predicted octanol–water partition coefficient (Wildman–Crippen LogP) is 24.9. The van der Waals surface area contributed by atoms with Gasteiger partial charge in [-0.05, 0) is 77.0 Å². The smallest absolute Gasteiger partial charge is 0.305 e. The minimum absolute atomic E-state index is 0.0140. The molecule has 0 heterocycles. The first-order chi connectivity index (χ1) is 41.0. The second kappa shape index (κ2) is 72.8. The minimum Gasteiger partial charge on any atom is -0.466 e. The van der Waals surface area contributed by atoms with Crippen molar-refractivity contribution in [2.24, 2.45) is 0 Å². The average Bonchev–Trinajstić information content (AvgIpc) is 3.49. The molecule has 0 bridgehead atoms. The second-order valence-electron chi connectivity index (χ2n) is 26.3. The first-order valence-corrected chi connectivity index (χ1v) is 38.1. The van der Waals surface area contributed by atoms with E-state index in [0.29, 0.717) is 25.9 Å². The van der Waals surface area contributed by atoms with Crippen LogP contribution in [-0.4, -0.2) is 47.4 Å². The maximum absolute atomic E-state index is 12.6. The Morgan fingerprint density at radius 1 is 0.325 bits per heavy atom. The molecule has 492 valence electrons. The third-order valence-electron chi connectivity index (χ3n) is 18.0. The molecule has 0 aromatic heterocycles. The molecule has 0 aromatic rings. The molecule has 0 spiro atoms. The number of rotatable bonds is 72. The van der Waals surface area contributed by atoms with Crippen LogP contribution in [0.3, 0.4) is 0 Å². The summed E-state index contributed by atoms with van der Waals surface area (Å²) in [5.41, 5.74) is 0. The highest BCUT2D eigenvalue weighted by Crippen LogP contribution is 2.19. The molecule has 2 atom stereocenters. The minimum atomic E-state index is -0.665. The van der Waals surface area contributed by atoms with Gasteiger partial charge in [-0.25, -0.2) is 0 Å². The standard InChI is InChI=1S/C77H149NO5/c1-3-5-7-9-11-13-15-17-19-21-23-34-37-41-45-49-53-57-61-65-69-75(80)74(73-79)78-76(81)70-66-62-58-54-50-46-42-38-35-32-30-28-26-24-25-27-29-31-33-36-40-44-48-52-56-60-64-68-72-83-77(82)71-67-63-59-55-51-47-43-39-22-20-18-16-14-12-10-8-6-4-2/h20,22,24-25,74-75,79-80H,3-19,21,23,26-73H2,1-2H3,(H,78,81)/b22-20-,25-24-. The first-order valence-electron chi connectivity index (χ1n) is 38.1. The summed E-state index contributed by atoms with van der Waals surface area (Å²) < 4.78 is 5.51. The Kier molecular flexibility index (Phi) is 71.4. The maximum Gasteiger partial charge on any atom is 0.305 e. The Hall–Kier alpha value is -1.66. The van der Waals surface area contributed by atoms with Crippen LogP contribution in [-0.2, 0) is 14.3 Å². The molecule has 0 saturated heterocycles. The largest absolute Gasteiger partial charge is 0.466 e. The Labute approximate surface area is 520 Å². The van der Waals surface area contributed by atoms with Gasteiger partial charge in [-0.2, -0.15) is 0 Å². The van der Waals surface area contributed by atoms with Crippen LogP contribution in [0.4, 0.5) is 0 Å². The number of hydrogen-bond acceptors (Lipinski definition) is 5. The predicted molar refractivity (Wildman–Crippen MR) is 366 cm³/mol. The summed E-state index contributed by atoms with van der Waals surface area (Å²) in [6, 6.07) is -0.542. The van der Waals surface area contributed by atoms with Crippen LogP contribution in [0.15, 0.2) is 24.3 Å². The summed E-state index contributed by atoms with van der Waals surface area (Å²) in [6.45, 7) is 5.00. The number of hydrogen-bond donors (Lipinski definition) is 3. The van der Waals surface area contributed by atoms with Gasteiger partial charge in [0.05, 0.1) is 25.4 Å². The van der Waals surface area contributed by atoms with Gasteiger partial charge in [0.15, 0.2) is 0 Å². The lowest BCUT2D eigenvalue weighted by atomic mass is 10.0. The third-order valence-corrected chi connectivity index (χ3v) is 18.0. The summed E-state index contributed by atoms with van der Waals surface area (Å²) in [4.78, 5) is 24.7. The molecule has 0 fully saturated rings. The molecule has 0 rings (SSSR count). The van der Waals surface area contributed by atoms with Crippen molar-refractivity contribution in [1.29, 1.82) is 0 Å². The van der Waals surface area contributed by atoms with Crippen molar-refractivity contribution in [2.45, 2.75) is 443 Å². The van der Waals surface area contributed by atoms with Crippen LogP contribution in [0, 0.1) is 0 Å². The van der Waals surface area contributed by atoms with Gasteiger partial charge in [0, 0.05) is 12.8 Å². The van der Waals surface area contributed by atoms with E-state index in [0.717, 1.165) is 44.9 Å². The van der Waals surface area contributed by atoms with Gasteiger partial charge in [0.1, 0.15) is 0 Å². The number of ether oxygens (including phenoxy) is 1. The van der Waals surface area contributed by atoms with E-state index in [2.05, 4.69) is 43.5 Å². The van der Waals surface area contributed by atoms with Crippen LogP contribution in [0.25, 0.3) is 0 Å². The van der Waals surface area contributed by atoms with E-state index >= 15 is 0 Å². The van der Waals surface area contributed by atoms with Gasteiger partial charge in [0.2, 0.25) is 5.91 Å². The van der Waals surface area contributed by atoms with Gasteiger partial charge >= 0.3 is 5.97 Å². The molecule has 3 N–H and O–H groups in total. The summed E-state index contributed by atoms with van der Waals surface area (Å²) in [5, 5.41) is 23.4. The number of esters is 1. The molecule has 0 aromatic carbocycles. The van der Waals surface area contributed by atoms with Crippen molar-refractivity contribution < 1.29 is 24.5 Å². The van der Waals surface area contributed by atoms with Gasteiger partial charge < -0.3 is 20.3 Å². The number of aliphatic hydroxyl groups is 2. The third kappa shape index (κ3) is 69.3. The molecule has 0 aliphatic heterocycles. The van der Waals surface area contributed by atoms with E-state index in [9.17, 15) is 19.8 Å². The van der Waals surface area contributed by atoms with Gasteiger partial charge in [-0.1, -0.05) is 366 Å². The van der Waals surface area contributed by atoms with Crippen molar-refractivity contribution in [3.8, 4) is 0 Å². The molecule has 0 aliphatic carbocycles. The highest BCUT2D eigenvalue weighted by atomic mass is 16.5. The summed E-state index contributed by atoms with van der Waals surface area (Å²) >= 11 is 0. The molecular weight excluding hydrogens is 1020 g/mol. The van der Waals surface area contributed by atoms with Gasteiger partial charge in [-0.3, -0.25) is 9.59 Å². The molecule has 6 nitrogen and oxygen atoms in total. The van der Waals surface area contributed by atoms with Crippen molar-refractivity contribution in [3.05, 3.63) is 24.3 Å². The quantitative estimate of drug-likeness (QED) is 0.0320. The van der Waals surface area contributed by atoms with Gasteiger partial charge in [-0.15, -0.1) is 0 Å². The molecule has 0 radical (unpaired) electrons. The normalized spacial score (nSPS) is 12.6. The lowest BCUT2D eigenvalue weighted by molar-refractivity contribution is -0.143. The maximum atomic E-state index is 12.6. The Balaban J connectivity index is 3.37. The topological polar surface area (TPSA) is 95.9 Å². The second-order valence-corrected chi connectivity index (χ2v) is 26.3. The zero-order valence-corrected chi connectivity index (χ0v) is 56.5. The fourth-order valence-corrected chi connectivity index (χ4v) is 12.2. The Bertz CT molecular complexity index is 1300. The highest BCUT2D eigenvalue weighted by molar-refractivity contribution is 5.76. The van der Waals surface area contributed by atoms with Crippen molar-refractivity contribution in [3.63, 3.8) is 0 Å². The van der Waals surface area contributed by atoms with E-state index in [4.69, 9.17) is 4.74 Å². The van der Waals surface area contributed by atoms with E-state index in [1.807, 2.05) is 0 Å². The lowest BCUT2D eigenvalue weighted by Crippen LogP contribution is -2.45. The van der Waals surface area contributed by atoms with E-state index < -0.39 is 12.1 Å². The number of carbonyl (C=O) groups excluding carboxylic acids is 2. The lowest BCUT2D eigenvalue weighted by Gasteiger charge is -2.22. The van der Waals surface area contributed by atoms with Crippen LogP contribution in [0.5, 0.6) is 0 Å². The molecule has 0 aliphatic rings. The summed E-state index contributed by atoms with van der Waals surface area (Å²) in [7, 11) is 0. The Morgan fingerprint density at radius 2 is 0.566 bits per heavy atom. The summed E-state index contributed by atoms with van der Waals surface area (Å²) in [6.07, 6.45) is 92.5. The molecule has 1 amide bonds. The van der Waals surface area contributed by atoms with Gasteiger partial charge in [0.25, 0.3) is 0 Å². The van der Waals surface area contributed by atoms with E-state index in [-0.39, 0.29) is 18.5 Å². The monoisotopic (exact) mass is 1170 g/mol. The number of carbonyl (C=O) groups is 2. The number of nitrogens with one attached hydrogen (secondary N) is 1. The molecule has 2 unspecified atom stereocenters. The number of amides is 1. The van der Waals surface area contributed by atoms with Crippen LogP contribution in [0.2, 0.25) is 0 Å². The number of unbranched alkanes of at least 4 members (excludes halogenated alkanes) is 57. The average molecular weight is 1170 g/mol. The van der Waals surface area contributed by atoms with E-state index in [1.54, 1.807) is 0 Å². The molecular formula is C77H149NO5. The molecule has 6 heteroatoms. The van der Waals surface area contributed by atoms with E-state index in [1.165, 1.54) is 353 Å². The van der Waals surface area contributed by atoms with Crippen LogP contribution >= 0.6 is 0 Å². The van der Waals surface area contributed by atoms with Crippen molar-refractivity contribution >= 4 is 11.9 Å². The zero-order valence-electron chi connectivity index (χ0n) is 56.5. The SMILES string of the molecule is CCCCCCCCC/C=C\CCCCCCCCCC(=O)OCCCCCCCCCCCCCC/C=C\CCCCCCCCCCCCCCC(=O)NC(CO)C(O)CCCCCCCCCCCCCCCCCCCCCC. The van der Waals surface area contributed by atoms with Crippen LogP contribution < -0.4 is 5.32 Å². The highest BCUT2D eigenvalue weighted by Gasteiger charge is 2.20. The summed E-state index contributed by atoms with van der Waals surface area (Å²) in [5.74, 6) is -0.0163. The first kappa shape index (κ1) is 81.3. The molecule has 83 heavy (non-hydrogen) atoms. The fourth-order valence-electron chi connectivity index (χ4n) is 12.2. The number of allylic oxidation sites excluding steroid dienone is 4. The zero-order chi connectivity index (χ0) is 59.9. The Morgan fingerprint density at radius 3 is 0.855 bits per heavy atom. The number of aliphatic hydroxyl groups excluding tert-OH is 2. The van der Waals surface area contributed by atoms with Crippen molar-refractivity contribution in [1.82, 2.24) is 5.32 Å². The fraction of sp³-hybridized carbons (Fsp3) is 0.922. The molecule has 0 saturated carbocycles. The van der Waals surface area contributed by atoms with Crippen LogP contribution in [0.1, 0.15) is 431 Å².